The second-order valence-corrected chi connectivity index (χ2v) is 3.56. The van der Waals surface area contributed by atoms with Gasteiger partial charge < -0.3 is 4.74 Å². The number of hydrogen-bond acceptors (Lipinski definition) is 2. The van der Waals surface area contributed by atoms with Gasteiger partial charge in [0.15, 0.2) is 0 Å². The summed E-state index contributed by atoms with van der Waals surface area (Å²) in [5.74, 6) is 0.288. The number of pyridine rings is 1. The van der Waals surface area contributed by atoms with Crippen molar-refractivity contribution >= 4 is 0 Å². The van der Waals surface area contributed by atoms with Gasteiger partial charge in [-0.2, -0.15) is 0 Å². The molecule has 0 fully saturated rings. The van der Waals surface area contributed by atoms with Crippen LogP contribution in [0.5, 0.6) is 5.75 Å². The normalized spacial score (nSPS) is 10.1. The second-order valence-electron chi connectivity index (χ2n) is 3.56. The maximum absolute atomic E-state index is 13.2. The van der Waals surface area contributed by atoms with Gasteiger partial charge in [0, 0.05) is 24.0 Å². The molecule has 0 saturated heterocycles. The fraction of sp³-hybridized carbons (Fsp3) is 0.154. The molecule has 3 heteroatoms. The van der Waals surface area contributed by atoms with Crippen LogP contribution >= 0.6 is 0 Å². The highest BCUT2D eigenvalue weighted by Crippen LogP contribution is 2.16. The average molecular weight is 217 g/mol. The van der Waals surface area contributed by atoms with Gasteiger partial charge in [-0.1, -0.05) is 12.1 Å². The minimum absolute atomic E-state index is 0.247. The summed E-state index contributed by atoms with van der Waals surface area (Å²) in [6.07, 6.45) is 3.43. The summed E-state index contributed by atoms with van der Waals surface area (Å²) in [5.41, 5.74) is 1.58. The topological polar surface area (TPSA) is 22.1 Å². The first-order chi connectivity index (χ1) is 7.75. The molecule has 0 aliphatic carbocycles. The van der Waals surface area contributed by atoms with E-state index in [2.05, 4.69) is 4.98 Å². The third-order valence-electron chi connectivity index (χ3n) is 2.27. The van der Waals surface area contributed by atoms with E-state index in [4.69, 9.17) is 4.74 Å². The minimum Gasteiger partial charge on any atom is -0.489 e. The Bertz CT molecular complexity index is 471. The van der Waals surface area contributed by atoms with Gasteiger partial charge in [-0.25, -0.2) is 4.39 Å². The monoisotopic (exact) mass is 217 g/mol. The van der Waals surface area contributed by atoms with E-state index in [-0.39, 0.29) is 5.82 Å². The Morgan fingerprint density at radius 1 is 1.31 bits per heavy atom. The summed E-state index contributed by atoms with van der Waals surface area (Å²) in [5, 5.41) is 0. The Morgan fingerprint density at radius 3 is 2.88 bits per heavy atom. The van der Waals surface area contributed by atoms with Crippen LogP contribution in [0.4, 0.5) is 4.39 Å². The first-order valence-corrected chi connectivity index (χ1v) is 5.03. The molecule has 0 unspecified atom stereocenters. The molecule has 0 radical (unpaired) electrons. The van der Waals surface area contributed by atoms with E-state index in [0.29, 0.717) is 17.9 Å². The highest BCUT2D eigenvalue weighted by Gasteiger charge is 2.00. The SMILES string of the molecule is Cc1ccc(OCc2cccnc2)cc1F. The lowest BCUT2D eigenvalue weighted by Gasteiger charge is -2.06. The predicted molar refractivity (Wildman–Crippen MR) is 59.7 cm³/mol. The number of ether oxygens (including phenoxy) is 1. The lowest BCUT2D eigenvalue weighted by molar-refractivity contribution is 0.304. The van der Waals surface area contributed by atoms with Crippen molar-refractivity contribution < 1.29 is 9.13 Å². The summed E-state index contributed by atoms with van der Waals surface area (Å²) in [6, 6.07) is 8.61. The molecule has 0 aliphatic rings. The van der Waals surface area contributed by atoms with E-state index >= 15 is 0 Å². The van der Waals surface area contributed by atoms with Crippen molar-refractivity contribution in [1.29, 1.82) is 0 Å². The lowest BCUT2D eigenvalue weighted by Crippen LogP contribution is -1.96. The fourth-order valence-corrected chi connectivity index (χ4v) is 1.31. The number of nitrogens with zero attached hydrogens (tertiary/aromatic N) is 1. The molecule has 2 aromatic rings. The molecule has 1 aromatic carbocycles. The Morgan fingerprint density at radius 2 is 2.19 bits per heavy atom. The van der Waals surface area contributed by atoms with Gasteiger partial charge >= 0.3 is 0 Å². The summed E-state index contributed by atoms with van der Waals surface area (Å²) in [6.45, 7) is 2.12. The van der Waals surface area contributed by atoms with Crippen LogP contribution in [0, 0.1) is 12.7 Å². The number of halogens is 1. The van der Waals surface area contributed by atoms with Gasteiger partial charge in [0.25, 0.3) is 0 Å². The van der Waals surface area contributed by atoms with E-state index in [0.717, 1.165) is 5.56 Å². The van der Waals surface area contributed by atoms with Gasteiger partial charge in [0.05, 0.1) is 0 Å². The molecule has 0 aliphatic heterocycles. The maximum Gasteiger partial charge on any atom is 0.129 e. The molecule has 0 atom stereocenters. The Labute approximate surface area is 93.7 Å². The summed E-state index contributed by atoms with van der Waals surface area (Å²) in [7, 11) is 0. The van der Waals surface area contributed by atoms with Gasteiger partial charge in [-0.05, 0) is 24.6 Å². The number of aromatic nitrogens is 1. The Kier molecular flexibility index (Phi) is 3.15. The van der Waals surface area contributed by atoms with Crippen molar-refractivity contribution in [2.45, 2.75) is 13.5 Å². The molecular formula is C13H12FNO. The van der Waals surface area contributed by atoms with E-state index in [1.807, 2.05) is 12.1 Å². The number of aryl methyl sites for hydroxylation is 1. The lowest BCUT2D eigenvalue weighted by atomic mass is 10.2. The van der Waals surface area contributed by atoms with Crippen molar-refractivity contribution in [2.24, 2.45) is 0 Å². The molecular weight excluding hydrogens is 205 g/mol. The van der Waals surface area contributed by atoms with Crippen molar-refractivity contribution in [3.05, 3.63) is 59.7 Å². The quantitative estimate of drug-likeness (QED) is 0.788. The molecule has 2 rings (SSSR count). The summed E-state index contributed by atoms with van der Waals surface area (Å²) >= 11 is 0. The molecule has 1 aromatic heterocycles. The third-order valence-corrected chi connectivity index (χ3v) is 2.27. The zero-order valence-corrected chi connectivity index (χ0v) is 8.98. The zero-order chi connectivity index (χ0) is 11.4. The third kappa shape index (κ3) is 2.57. The van der Waals surface area contributed by atoms with Crippen molar-refractivity contribution in [3.63, 3.8) is 0 Å². The minimum atomic E-state index is -0.247. The molecule has 16 heavy (non-hydrogen) atoms. The van der Waals surface area contributed by atoms with Crippen LogP contribution in [0.15, 0.2) is 42.7 Å². The van der Waals surface area contributed by atoms with Crippen LogP contribution in [0.3, 0.4) is 0 Å². The van der Waals surface area contributed by atoms with E-state index in [1.54, 1.807) is 31.5 Å². The molecule has 2 nitrogen and oxygen atoms in total. The smallest absolute Gasteiger partial charge is 0.129 e. The van der Waals surface area contributed by atoms with E-state index in [9.17, 15) is 4.39 Å². The number of benzene rings is 1. The molecule has 0 amide bonds. The van der Waals surface area contributed by atoms with Crippen molar-refractivity contribution in [1.82, 2.24) is 4.98 Å². The largest absolute Gasteiger partial charge is 0.489 e. The number of hydrogen-bond donors (Lipinski definition) is 0. The standard InChI is InChI=1S/C13H12FNO/c1-10-4-5-12(7-13(10)14)16-9-11-3-2-6-15-8-11/h2-8H,9H2,1H3. The van der Waals surface area contributed by atoms with Crippen LogP contribution in [0.1, 0.15) is 11.1 Å². The van der Waals surface area contributed by atoms with Crippen LogP contribution in [0.2, 0.25) is 0 Å². The molecule has 1 heterocycles. The highest BCUT2D eigenvalue weighted by atomic mass is 19.1. The predicted octanol–water partition coefficient (Wildman–Crippen LogP) is 3.11. The molecule has 0 saturated carbocycles. The highest BCUT2D eigenvalue weighted by molar-refractivity contribution is 5.28. The Balaban J connectivity index is 2.03. The van der Waals surface area contributed by atoms with Crippen molar-refractivity contribution in [3.8, 4) is 5.75 Å². The molecule has 82 valence electrons. The molecule has 0 N–H and O–H groups in total. The van der Waals surface area contributed by atoms with Gasteiger partial charge in [0.1, 0.15) is 18.2 Å². The molecule has 0 spiro atoms. The zero-order valence-electron chi connectivity index (χ0n) is 8.98. The van der Waals surface area contributed by atoms with Crippen LogP contribution in [-0.2, 0) is 6.61 Å². The first kappa shape index (κ1) is 10.6. The van der Waals surface area contributed by atoms with Crippen LogP contribution in [0.25, 0.3) is 0 Å². The number of rotatable bonds is 3. The van der Waals surface area contributed by atoms with Gasteiger partial charge in [-0.3, -0.25) is 4.98 Å². The van der Waals surface area contributed by atoms with Crippen LogP contribution in [-0.4, -0.2) is 4.98 Å². The van der Waals surface area contributed by atoms with Crippen molar-refractivity contribution in [2.75, 3.05) is 0 Å². The Hall–Kier alpha value is -1.90. The maximum atomic E-state index is 13.2. The fourth-order valence-electron chi connectivity index (χ4n) is 1.31. The van der Waals surface area contributed by atoms with Crippen LogP contribution < -0.4 is 4.74 Å². The van der Waals surface area contributed by atoms with Gasteiger partial charge in [-0.15, -0.1) is 0 Å². The average Bonchev–Trinajstić information content (AvgIpc) is 2.32. The molecule has 0 bridgehead atoms. The first-order valence-electron chi connectivity index (χ1n) is 5.03. The summed E-state index contributed by atoms with van der Waals surface area (Å²) in [4.78, 5) is 3.97. The second kappa shape index (κ2) is 4.75. The van der Waals surface area contributed by atoms with E-state index in [1.165, 1.54) is 6.07 Å². The summed E-state index contributed by atoms with van der Waals surface area (Å²) < 4.78 is 18.7. The van der Waals surface area contributed by atoms with E-state index < -0.39 is 0 Å². The van der Waals surface area contributed by atoms with Gasteiger partial charge in [0.2, 0.25) is 0 Å².